The van der Waals surface area contributed by atoms with Gasteiger partial charge in [0, 0.05) is 17.4 Å². The van der Waals surface area contributed by atoms with Crippen LogP contribution in [0.4, 0.5) is 11.5 Å². The minimum absolute atomic E-state index is 0.0852. The highest BCUT2D eigenvalue weighted by atomic mass is 32.2. The molecule has 0 spiro atoms. The molecule has 6 heteroatoms. The lowest BCUT2D eigenvalue weighted by Gasteiger charge is -2.13. The number of hydrogen-bond donors (Lipinski definition) is 2. The predicted octanol–water partition coefficient (Wildman–Crippen LogP) is 2.79. The van der Waals surface area contributed by atoms with Crippen molar-refractivity contribution in [3.05, 3.63) is 41.6 Å². The first kappa shape index (κ1) is 15.3. The van der Waals surface area contributed by atoms with Gasteiger partial charge in [-0.1, -0.05) is 30.0 Å². The van der Waals surface area contributed by atoms with Crippen LogP contribution in [0.3, 0.4) is 0 Å². The largest absolute Gasteiger partial charge is 0.384 e. The van der Waals surface area contributed by atoms with Gasteiger partial charge in [0.2, 0.25) is 5.91 Å². The topological polar surface area (TPSA) is 80.9 Å². The summed E-state index contributed by atoms with van der Waals surface area (Å²) < 4.78 is 0. The van der Waals surface area contributed by atoms with Crippen molar-refractivity contribution in [2.45, 2.75) is 31.2 Å². The van der Waals surface area contributed by atoms with E-state index < -0.39 is 0 Å². The monoisotopic (exact) mass is 302 g/mol. The summed E-state index contributed by atoms with van der Waals surface area (Å²) in [5.74, 6) is 0.328. The highest BCUT2D eigenvalue weighted by molar-refractivity contribution is 8.00. The third kappa shape index (κ3) is 4.19. The third-order valence-electron chi connectivity index (χ3n) is 2.91. The average molecular weight is 302 g/mol. The summed E-state index contributed by atoms with van der Waals surface area (Å²) >= 11 is 1.29. The molecular weight excluding hydrogens is 284 g/mol. The highest BCUT2D eigenvalue weighted by Crippen LogP contribution is 2.22. The lowest BCUT2D eigenvalue weighted by molar-refractivity contribution is -0.115. The number of thioether (sulfide) groups is 1. The molecule has 110 valence electrons. The zero-order chi connectivity index (χ0) is 15.4. The summed E-state index contributed by atoms with van der Waals surface area (Å²) in [5, 5.41) is 3.11. The average Bonchev–Trinajstić information content (AvgIpc) is 2.40. The number of para-hydroxylation sites is 1. The molecule has 1 amide bonds. The molecule has 2 rings (SSSR count). The number of aromatic nitrogens is 2. The molecule has 0 saturated heterocycles. The number of aryl methyl sites for hydroxylation is 2. The first-order chi connectivity index (χ1) is 9.95. The molecule has 0 radical (unpaired) electrons. The van der Waals surface area contributed by atoms with E-state index in [1.807, 2.05) is 45.0 Å². The Hall–Kier alpha value is -2.08. The molecule has 3 N–H and O–H groups in total. The molecule has 0 aliphatic carbocycles. The van der Waals surface area contributed by atoms with Crippen LogP contribution in [0.2, 0.25) is 0 Å². The number of nitrogens with two attached hydrogens (primary N) is 1. The number of rotatable bonds is 4. The van der Waals surface area contributed by atoms with Gasteiger partial charge >= 0.3 is 0 Å². The maximum atomic E-state index is 12.2. The summed E-state index contributed by atoms with van der Waals surface area (Å²) in [4.78, 5) is 20.6. The number of nitrogens with zero attached hydrogens (tertiary/aromatic N) is 2. The van der Waals surface area contributed by atoms with Crippen LogP contribution in [-0.2, 0) is 4.79 Å². The molecule has 5 nitrogen and oxygen atoms in total. The van der Waals surface area contributed by atoms with Crippen LogP contribution in [-0.4, -0.2) is 21.1 Å². The molecule has 0 aliphatic heterocycles. The van der Waals surface area contributed by atoms with E-state index in [1.54, 1.807) is 6.07 Å². The van der Waals surface area contributed by atoms with Crippen molar-refractivity contribution in [3.8, 4) is 0 Å². The molecule has 1 aromatic heterocycles. The van der Waals surface area contributed by atoms with Gasteiger partial charge in [-0.2, -0.15) is 0 Å². The van der Waals surface area contributed by atoms with E-state index in [0.717, 1.165) is 16.9 Å². The lowest BCUT2D eigenvalue weighted by Crippen LogP contribution is -2.23. The van der Waals surface area contributed by atoms with E-state index in [2.05, 4.69) is 15.3 Å². The highest BCUT2D eigenvalue weighted by Gasteiger charge is 2.17. The van der Waals surface area contributed by atoms with Crippen molar-refractivity contribution in [3.63, 3.8) is 0 Å². The Morgan fingerprint density at radius 1 is 1.29 bits per heavy atom. The fourth-order valence-electron chi connectivity index (χ4n) is 1.78. The fourth-order valence-corrected chi connectivity index (χ4v) is 2.61. The fraction of sp³-hybridized carbons (Fsp3) is 0.267. The van der Waals surface area contributed by atoms with Crippen LogP contribution in [0.25, 0.3) is 0 Å². The quantitative estimate of drug-likeness (QED) is 0.670. The number of benzene rings is 1. The Morgan fingerprint density at radius 2 is 2.00 bits per heavy atom. The Morgan fingerprint density at radius 3 is 2.67 bits per heavy atom. The zero-order valence-corrected chi connectivity index (χ0v) is 13.1. The Bertz CT molecular complexity index is 640. The van der Waals surface area contributed by atoms with E-state index in [9.17, 15) is 4.79 Å². The Kier molecular flexibility index (Phi) is 4.80. The minimum Gasteiger partial charge on any atom is -0.384 e. The van der Waals surface area contributed by atoms with E-state index in [4.69, 9.17) is 5.73 Å². The van der Waals surface area contributed by atoms with Gasteiger partial charge in [-0.05, 0) is 32.4 Å². The molecule has 2 aromatic rings. The van der Waals surface area contributed by atoms with Crippen LogP contribution < -0.4 is 11.1 Å². The van der Waals surface area contributed by atoms with Gasteiger partial charge < -0.3 is 11.1 Å². The number of carbonyl (C=O) groups excluding carboxylic acids is 1. The smallest absolute Gasteiger partial charge is 0.237 e. The second-order valence-corrected chi connectivity index (χ2v) is 6.09. The number of carbonyl (C=O) groups is 1. The van der Waals surface area contributed by atoms with Crippen LogP contribution in [0.5, 0.6) is 0 Å². The van der Waals surface area contributed by atoms with E-state index in [1.165, 1.54) is 11.8 Å². The molecule has 0 saturated carbocycles. The predicted molar refractivity (Wildman–Crippen MR) is 86.3 cm³/mol. The van der Waals surface area contributed by atoms with Crippen LogP contribution in [0.15, 0.2) is 35.5 Å². The third-order valence-corrected chi connectivity index (χ3v) is 3.87. The van der Waals surface area contributed by atoms with Crippen molar-refractivity contribution < 1.29 is 4.79 Å². The van der Waals surface area contributed by atoms with Crippen molar-refractivity contribution in [1.82, 2.24) is 9.97 Å². The standard InChI is InChI=1S/C15H18N4OS/c1-9-6-4-5-7-12(9)18-14(20)11(3)21-15-17-10(2)8-13(16)19-15/h4-8,11H,1-3H3,(H,18,20)(H2,16,17,19). The normalized spacial score (nSPS) is 12.0. The van der Waals surface area contributed by atoms with Gasteiger partial charge in [0.25, 0.3) is 0 Å². The second kappa shape index (κ2) is 6.58. The molecule has 1 heterocycles. The van der Waals surface area contributed by atoms with Gasteiger partial charge in [0.15, 0.2) is 5.16 Å². The van der Waals surface area contributed by atoms with Crippen LogP contribution >= 0.6 is 11.8 Å². The summed E-state index contributed by atoms with van der Waals surface area (Å²) in [7, 11) is 0. The molecule has 21 heavy (non-hydrogen) atoms. The molecule has 0 aliphatic rings. The van der Waals surface area contributed by atoms with Crippen molar-refractivity contribution in [2.75, 3.05) is 11.1 Å². The van der Waals surface area contributed by atoms with E-state index in [0.29, 0.717) is 11.0 Å². The van der Waals surface area contributed by atoms with Crippen LogP contribution in [0.1, 0.15) is 18.2 Å². The maximum absolute atomic E-state index is 12.2. The zero-order valence-electron chi connectivity index (χ0n) is 12.3. The van der Waals surface area contributed by atoms with Crippen molar-refractivity contribution in [1.29, 1.82) is 0 Å². The molecular formula is C15H18N4OS. The molecule has 0 bridgehead atoms. The number of anilines is 2. The van der Waals surface area contributed by atoms with Gasteiger partial charge in [0.05, 0.1) is 5.25 Å². The summed E-state index contributed by atoms with van der Waals surface area (Å²) in [5.41, 5.74) is 8.32. The van der Waals surface area contributed by atoms with E-state index >= 15 is 0 Å². The van der Waals surface area contributed by atoms with Gasteiger partial charge in [-0.3, -0.25) is 4.79 Å². The molecule has 1 aromatic carbocycles. The summed E-state index contributed by atoms with van der Waals surface area (Å²) in [6, 6.07) is 9.36. The number of nitrogens with one attached hydrogen (secondary N) is 1. The first-order valence-corrected chi connectivity index (χ1v) is 7.48. The van der Waals surface area contributed by atoms with Crippen molar-refractivity contribution >= 4 is 29.2 Å². The van der Waals surface area contributed by atoms with Gasteiger partial charge in [-0.15, -0.1) is 0 Å². The molecule has 0 fully saturated rings. The minimum atomic E-state index is -0.314. The number of amides is 1. The SMILES string of the molecule is Cc1cc(N)nc(SC(C)C(=O)Nc2ccccc2C)n1. The van der Waals surface area contributed by atoms with E-state index in [-0.39, 0.29) is 11.2 Å². The van der Waals surface area contributed by atoms with Gasteiger partial charge in [0.1, 0.15) is 5.82 Å². The number of nitrogen functional groups attached to an aromatic ring is 1. The Balaban J connectivity index is 2.04. The van der Waals surface area contributed by atoms with Gasteiger partial charge in [-0.25, -0.2) is 9.97 Å². The molecule has 1 atom stereocenters. The number of hydrogen-bond acceptors (Lipinski definition) is 5. The Labute approximate surface area is 128 Å². The summed E-state index contributed by atoms with van der Waals surface area (Å²) in [6.45, 7) is 5.62. The maximum Gasteiger partial charge on any atom is 0.237 e. The first-order valence-electron chi connectivity index (χ1n) is 6.60. The van der Waals surface area contributed by atoms with Crippen LogP contribution in [0, 0.1) is 13.8 Å². The summed E-state index contributed by atoms with van der Waals surface area (Å²) in [6.07, 6.45) is 0. The lowest BCUT2D eigenvalue weighted by atomic mass is 10.2. The molecule has 1 unspecified atom stereocenters. The van der Waals surface area contributed by atoms with Crippen molar-refractivity contribution in [2.24, 2.45) is 0 Å². The second-order valence-electron chi connectivity index (χ2n) is 4.78.